The van der Waals surface area contributed by atoms with Crippen molar-refractivity contribution >= 4 is 33.1 Å². The van der Waals surface area contributed by atoms with Crippen LogP contribution in [0.2, 0.25) is 0 Å². The minimum Gasteiger partial charge on any atom is -0.456 e. The first-order valence-corrected chi connectivity index (χ1v) is 16.0. The second-order valence-electron chi connectivity index (χ2n) is 12.3. The van der Waals surface area contributed by atoms with Gasteiger partial charge in [0.15, 0.2) is 0 Å². The lowest BCUT2D eigenvalue weighted by atomic mass is 9.69. The molecule has 0 aliphatic heterocycles. The van der Waals surface area contributed by atoms with E-state index in [0.29, 0.717) is 0 Å². The summed E-state index contributed by atoms with van der Waals surface area (Å²) in [7, 11) is 0. The highest BCUT2D eigenvalue weighted by Gasteiger charge is 2.34. The van der Waals surface area contributed by atoms with Gasteiger partial charge in [-0.1, -0.05) is 152 Å². The number of allylic oxidation sites excluding steroid dienone is 8. The Hall–Kier alpha value is -5.40. The van der Waals surface area contributed by atoms with E-state index in [9.17, 15) is 0 Å². The van der Waals surface area contributed by atoms with Crippen molar-refractivity contribution in [1.29, 1.82) is 0 Å². The highest BCUT2D eigenvalue weighted by molar-refractivity contribution is 6.12. The molecule has 0 bridgehead atoms. The third-order valence-corrected chi connectivity index (χ3v) is 9.87. The van der Waals surface area contributed by atoms with Crippen molar-refractivity contribution in [3.63, 3.8) is 0 Å². The molecule has 3 atom stereocenters. The van der Waals surface area contributed by atoms with Crippen molar-refractivity contribution in [2.45, 2.75) is 18.3 Å². The molecular formula is C44H32O. The summed E-state index contributed by atoms with van der Waals surface area (Å²) in [4.78, 5) is 0. The van der Waals surface area contributed by atoms with E-state index < -0.39 is 0 Å². The molecule has 1 aromatic heterocycles. The fourth-order valence-corrected chi connectivity index (χ4v) is 7.97. The number of para-hydroxylation sites is 1. The molecule has 0 saturated heterocycles. The van der Waals surface area contributed by atoms with Gasteiger partial charge in [-0.25, -0.2) is 0 Å². The van der Waals surface area contributed by atoms with Gasteiger partial charge in [0.2, 0.25) is 0 Å². The first-order valence-electron chi connectivity index (χ1n) is 16.0. The van der Waals surface area contributed by atoms with Crippen LogP contribution in [0.5, 0.6) is 0 Å². The van der Waals surface area contributed by atoms with E-state index in [1.807, 2.05) is 0 Å². The second-order valence-corrected chi connectivity index (χ2v) is 12.3. The molecule has 1 heteroatoms. The molecule has 214 valence electrons. The molecular weight excluding hydrogens is 544 g/mol. The third kappa shape index (κ3) is 4.15. The van der Waals surface area contributed by atoms with Crippen LogP contribution in [0.1, 0.15) is 40.5 Å². The predicted molar refractivity (Wildman–Crippen MR) is 186 cm³/mol. The van der Waals surface area contributed by atoms with Crippen molar-refractivity contribution in [2.75, 3.05) is 0 Å². The fraction of sp³-hybridized carbons (Fsp3) is 0.0909. The number of rotatable bonds is 4. The Kier molecular flexibility index (Phi) is 6.16. The van der Waals surface area contributed by atoms with Gasteiger partial charge in [0.05, 0.1) is 0 Å². The topological polar surface area (TPSA) is 13.1 Å². The zero-order valence-corrected chi connectivity index (χ0v) is 24.9. The minimum atomic E-state index is 0.177. The van der Waals surface area contributed by atoms with E-state index in [1.54, 1.807) is 0 Å². The summed E-state index contributed by atoms with van der Waals surface area (Å²) >= 11 is 0. The zero-order valence-electron chi connectivity index (χ0n) is 24.9. The van der Waals surface area contributed by atoms with Gasteiger partial charge in [-0.3, -0.25) is 0 Å². The van der Waals surface area contributed by atoms with Crippen molar-refractivity contribution in [3.05, 3.63) is 202 Å². The molecule has 5 aromatic carbocycles. The lowest BCUT2D eigenvalue weighted by Gasteiger charge is -2.34. The highest BCUT2D eigenvalue weighted by atomic mass is 16.3. The normalized spacial score (nSPS) is 20.4. The Morgan fingerprint density at radius 3 is 2.13 bits per heavy atom. The van der Waals surface area contributed by atoms with Crippen LogP contribution < -0.4 is 10.4 Å². The molecule has 9 rings (SSSR count). The Balaban J connectivity index is 1.44. The van der Waals surface area contributed by atoms with Gasteiger partial charge in [0.1, 0.15) is 11.2 Å². The first kappa shape index (κ1) is 26.0. The van der Waals surface area contributed by atoms with Gasteiger partial charge >= 0.3 is 0 Å². The number of fused-ring (bicyclic) bond motifs is 5. The van der Waals surface area contributed by atoms with Crippen LogP contribution in [0.3, 0.4) is 0 Å². The monoisotopic (exact) mass is 576 g/mol. The summed E-state index contributed by atoms with van der Waals surface area (Å²) in [5.74, 6) is 0.630. The number of furan rings is 1. The van der Waals surface area contributed by atoms with E-state index in [4.69, 9.17) is 4.42 Å². The molecule has 0 fully saturated rings. The first-order chi connectivity index (χ1) is 22.4. The van der Waals surface area contributed by atoms with Crippen LogP contribution >= 0.6 is 0 Å². The maximum atomic E-state index is 6.57. The average Bonchev–Trinajstić information content (AvgIpc) is 3.50. The van der Waals surface area contributed by atoms with Crippen molar-refractivity contribution in [1.82, 2.24) is 0 Å². The van der Waals surface area contributed by atoms with Crippen molar-refractivity contribution in [2.24, 2.45) is 5.92 Å². The van der Waals surface area contributed by atoms with Gasteiger partial charge in [-0.2, -0.15) is 0 Å². The highest BCUT2D eigenvalue weighted by Crippen LogP contribution is 2.49. The summed E-state index contributed by atoms with van der Waals surface area (Å²) in [5.41, 5.74) is 11.3. The maximum absolute atomic E-state index is 6.57. The van der Waals surface area contributed by atoms with Gasteiger partial charge in [0, 0.05) is 28.5 Å². The average molecular weight is 577 g/mol. The van der Waals surface area contributed by atoms with Gasteiger partial charge < -0.3 is 4.42 Å². The molecule has 3 aliphatic rings. The fourth-order valence-electron chi connectivity index (χ4n) is 7.97. The minimum absolute atomic E-state index is 0.177. The molecule has 0 spiro atoms. The Morgan fingerprint density at radius 1 is 0.578 bits per heavy atom. The lowest BCUT2D eigenvalue weighted by Crippen LogP contribution is -2.38. The van der Waals surface area contributed by atoms with Gasteiger partial charge in [-0.05, 0) is 68.0 Å². The van der Waals surface area contributed by atoms with Gasteiger partial charge in [0.25, 0.3) is 0 Å². The Morgan fingerprint density at radius 2 is 1.29 bits per heavy atom. The zero-order chi connectivity index (χ0) is 29.7. The summed E-state index contributed by atoms with van der Waals surface area (Å²) in [6.45, 7) is 0. The van der Waals surface area contributed by atoms with Crippen LogP contribution in [0.4, 0.5) is 0 Å². The quantitative estimate of drug-likeness (QED) is 0.204. The van der Waals surface area contributed by atoms with Crippen LogP contribution in [-0.4, -0.2) is 0 Å². The van der Waals surface area contributed by atoms with Gasteiger partial charge in [-0.15, -0.1) is 0 Å². The van der Waals surface area contributed by atoms with Crippen LogP contribution in [0.15, 0.2) is 174 Å². The molecule has 0 amide bonds. The standard InChI is InChI=1S/C44H32O/c1-3-15-29(16-4-1)31-19-7-8-20-32(31)37-27-28-40-43(38-25-13-14-26-39(38)45-40)44(37)42-35-23-11-9-21-33(35)41(30-17-5-2-6-18-30)34-22-10-12-24-36(34)42/h1-23,25-28,31-32,36H,24H2. The second kappa shape index (κ2) is 10.6. The smallest absolute Gasteiger partial charge is 0.136 e. The number of benzene rings is 5. The molecule has 3 unspecified atom stereocenters. The van der Waals surface area contributed by atoms with Crippen molar-refractivity contribution < 1.29 is 4.42 Å². The van der Waals surface area contributed by atoms with Crippen LogP contribution in [-0.2, 0) is 0 Å². The van der Waals surface area contributed by atoms with E-state index in [1.165, 1.54) is 60.2 Å². The number of hydrogen-bond acceptors (Lipinski definition) is 1. The molecule has 45 heavy (non-hydrogen) atoms. The summed E-state index contributed by atoms with van der Waals surface area (Å²) in [6.07, 6.45) is 17.1. The van der Waals surface area contributed by atoms with E-state index in [2.05, 4.69) is 164 Å². The molecule has 6 aromatic rings. The molecule has 0 N–H and O–H groups in total. The Bertz CT molecular complexity index is 2340. The summed E-state index contributed by atoms with van der Waals surface area (Å²) < 4.78 is 6.57. The van der Waals surface area contributed by atoms with Crippen LogP contribution in [0.25, 0.3) is 33.1 Å². The molecule has 1 heterocycles. The number of hydrogen-bond donors (Lipinski definition) is 0. The Labute approximate surface area is 263 Å². The van der Waals surface area contributed by atoms with E-state index in [-0.39, 0.29) is 17.8 Å². The van der Waals surface area contributed by atoms with Crippen molar-refractivity contribution in [3.8, 4) is 0 Å². The summed E-state index contributed by atoms with van der Waals surface area (Å²) in [5, 5.41) is 5.01. The van der Waals surface area contributed by atoms with E-state index >= 15 is 0 Å². The van der Waals surface area contributed by atoms with Crippen LogP contribution in [0, 0.1) is 5.92 Å². The SMILES string of the molecule is C1=CCC2C(=C1)C(c1ccccc1)=c1ccccc1=C2c1c(C2C=CC=CC2c2ccccc2)ccc2oc3ccccc3c12. The third-order valence-electron chi connectivity index (χ3n) is 9.87. The lowest BCUT2D eigenvalue weighted by molar-refractivity contribution is 0.667. The van der Waals surface area contributed by atoms with E-state index in [0.717, 1.165) is 17.6 Å². The molecule has 1 nitrogen and oxygen atoms in total. The predicted octanol–water partition coefficient (Wildman–Crippen LogP) is 9.49. The molecule has 0 saturated carbocycles. The summed E-state index contributed by atoms with van der Waals surface area (Å²) in [6, 6.07) is 44.0. The molecule has 0 radical (unpaired) electrons. The molecule has 3 aliphatic carbocycles. The largest absolute Gasteiger partial charge is 0.456 e. The maximum Gasteiger partial charge on any atom is 0.136 e.